The Kier molecular flexibility index (Phi) is 2.60. The Morgan fingerprint density at radius 3 is 2.84 bits per heavy atom. The van der Waals surface area contributed by atoms with Crippen LogP contribution in [0.3, 0.4) is 0 Å². The molecule has 2 heterocycles. The topological polar surface area (TPSA) is 98.1 Å². The fourth-order valence-corrected chi connectivity index (χ4v) is 1.68. The van der Waals surface area contributed by atoms with Gasteiger partial charge in [-0.25, -0.2) is 0 Å². The molecule has 0 amide bonds. The van der Waals surface area contributed by atoms with Crippen molar-refractivity contribution in [2.24, 2.45) is 0 Å². The first-order valence-corrected chi connectivity index (χ1v) is 5.57. The number of hydrogen-bond donors (Lipinski definition) is 2. The lowest BCUT2D eigenvalue weighted by molar-refractivity contribution is 0.426. The number of rotatable bonds is 2. The summed E-state index contributed by atoms with van der Waals surface area (Å²) < 4.78 is 5.14. The molecule has 0 fully saturated rings. The van der Waals surface area contributed by atoms with E-state index in [1.807, 2.05) is 6.07 Å². The Labute approximate surface area is 108 Å². The summed E-state index contributed by atoms with van der Waals surface area (Å²) in [4.78, 5) is 8.20. The first-order valence-electron chi connectivity index (χ1n) is 5.57. The molecule has 0 saturated carbocycles. The van der Waals surface area contributed by atoms with Gasteiger partial charge in [-0.05, 0) is 24.3 Å². The van der Waals surface area contributed by atoms with Gasteiger partial charge in [-0.2, -0.15) is 4.98 Å². The lowest BCUT2D eigenvalue weighted by Gasteiger charge is -2.01. The van der Waals surface area contributed by atoms with Crippen molar-refractivity contribution in [1.29, 1.82) is 0 Å². The van der Waals surface area contributed by atoms with E-state index in [2.05, 4.69) is 15.1 Å². The van der Waals surface area contributed by atoms with Gasteiger partial charge >= 0.3 is 0 Å². The largest absolute Gasteiger partial charge is 0.505 e. The molecule has 0 aliphatic rings. The van der Waals surface area contributed by atoms with Crippen molar-refractivity contribution in [2.45, 2.75) is 0 Å². The van der Waals surface area contributed by atoms with Gasteiger partial charge in [0.1, 0.15) is 0 Å². The van der Waals surface area contributed by atoms with Crippen LogP contribution in [0.4, 0.5) is 5.69 Å². The minimum absolute atomic E-state index is 0.0658. The molecule has 0 aliphatic carbocycles. The van der Waals surface area contributed by atoms with E-state index in [1.54, 1.807) is 36.7 Å². The highest BCUT2D eigenvalue weighted by Crippen LogP contribution is 2.33. The Hall–Kier alpha value is -2.89. The Morgan fingerprint density at radius 1 is 1.16 bits per heavy atom. The van der Waals surface area contributed by atoms with E-state index in [4.69, 9.17) is 10.3 Å². The monoisotopic (exact) mass is 254 g/mol. The third-order valence-electron chi connectivity index (χ3n) is 2.64. The molecule has 0 aliphatic heterocycles. The molecule has 6 nitrogen and oxygen atoms in total. The SMILES string of the molecule is Nc1cccc(-c2nc(-c3cccnc3)no2)c1O. The number of nitrogen functional groups attached to an aromatic ring is 1. The molecular formula is C13H10N4O2. The molecular weight excluding hydrogens is 244 g/mol. The van der Waals surface area contributed by atoms with E-state index < -0.39 is 0 Å². The summed E-state index contributed by atoms with van der Waals surface area (Å²) in [5, 5.41) is 13.7. The van der Waals surface area contributed by atoms with Gasteiger partial charge in [0.05, 0.1) is 11.3 Å². The van der Waals surface area contributed by atoms with Gasteiger partial charge < -0.3 is 15.4 Å². The highest BCUT2D eigenvalue weighted by Gasteiger charge is 2.15. The number of nitrogens with zero attached hydrogens (tertiary/aromatic N) is 3. The normalized spacial score (nSPS) is 10.5. The van der Waals surface area contributed by atoms with Crippen molar-refractivity contribution >= 4 is 5.69 Å². The average Bonchev–Trinajstić information content (AvgIpc) is 2.92. The number of benzene rings is 1. The van der Waals surface area contributed by atoms with Crippen LogP contribution in [0.5, 0.6) is 5.75 Å². The molecule has 0 bridgehead atoms. The molecule has 3 rings (SSSR count). The Morgan fingerprint density at radius 2 is 2.05 bits per heavy atom. The molecule has 1 aromatic carbocycles. The second-order valence-corrected chi connectivity index (χ2v) is 3.91. The van der Waals surface area contributed by atoms with Crippen molar-refractivity contribution in [3.05, 3.63) is 42.7 Å². The minimum Gasteiger partial charge on any atom is -0.505 e. The zero-order valence-electron chi connectivity index (χ0n) is 9.82. The van der Waals surface area contributed by atoms with Crippen LogP contribution in [0.15, 0.2) is 47.2 Å². The van der Waals surface area contributed by atoms with E-state index >= 15 is 0 Å². The van der Waals surface area contributed by atoms with Crippen molar-refractivity contribution < 1.29 is 9.63 Å². The first kappa shape index (κ1) is 11.2. The molecule has 0 atom stereocenters. The van der Waals surface area contributed by atoms with Crippen molar-refractivity contribution in [2.75, 3.05) is 5.73 Å². The van der Waals surface area contributed by atoms with Gasteiger partial charge in [-0.1, -0.05) is 11.2 Å². The molecule has 0 radical (unpaired) electrons. The van der Waals surface area contributed by atoms with Crippen LogP contribution in [0.25, 0.3) is 22.8 Å². The van der Waals surface area contributed by atoms with E-state index in [9.17, 15) is 5.11 Å². The summed E-state index contributed by atoms with van der Waals surface area (Å²) in [5.41, 5.74) is 7.03. The summed E-state index contributed by atoms with van der Waals surface area (Å²) in [7, 11) is 0. The minimum atomic E-state index is -0.0658. The number of phenolic OH excluding ortho intramolecular Hbond substituents is 1. The zero-order chi connectivity index (χ0) is 13.2. The Balaban J connectivity index is 2.05. The average molecular weight is 254 g/mol. The van der Waals surface area contributed by atoms with E-state index in [1.165, 1.54) is 0 Å². The van der Waals surface area contributed by atoms with Gasteiger partial charge in [0, 0.05) is 18.0 Å². The number of para-hydroxylation sites is 1. The summed E-state index contributed by atoms with van der Waals surface area (Å²) in [5.74, 6) is 0.553. The molecule has 6 heteroatoms. The Bertz CT molecular complexity index is 710. The molecule has 0 spiro atoms. The lowest BCUT2D eigenvalue weighted by atomic mass is 10.1. The predicted octanol–water partition coefficient (Wildman–Crippen LogP) is 2.09. The third-order valence-corrected chi connectivity index (χ3v) is 2.64. The van der Waals surface area contributed by atoms with Crippen molar-refractivity contribution in [1.82, 2.24) is 15.1 Å². The quantitative estimate of drug-likeness (QED) is 0.536. The van der Waals surface area contributed by atoms with Crippen LogP contribution < -0.4 is 5.73 Å². The van der Waals surface area contributed by atoms with E-state index in [0.717, 1.165) is 5.56 Å². The number of nitrogens with two attached hydrogens (primary N) is 1. The van der Waals surface area contributed by atoms with Gasteiger partial charge in [0.2, 0.25) is 5.82 Å². The second kappa shape index (κ2) is 4.41. The van der Waals surface area contributed by atoms with Gasteiger partial charge in [0.25, 0.3) is 5.89 Å². The fraction of sp³-hybridized carbons (Fsp3) is 0. The standard InChI is InChI=1S/C13H10N4O2/c14-10-5-1-4-9(11(10)18)13-16-12(17-19-13)8-3-2-6-15-7-8/h1-7,18H,14H2. The summed E-state index contributed by atoms with van der Waals surface area (Å²) in [6, 6.07) is 8.56. The highest BCUT2D eigenvalue weighted by atomic mass is 16.5. The van der Waals surface area contributed by atoms with Crippen LogP contribution in [0, 0.1) is 0 Å². The molecule has 0 unspecified atom stereocenters. The van der Waals surface area contributed by atoms with Crippen LogP contribution in [-0.4, -0.2) is 20.2 Å². The molecule has 3 aromatic rings. The summed E-state index contributed by atoms with van der Waals surface area (Å²) >= 11 is 0. The number of hydrogen-bond acceptors (Lipinski definition) is 6. The molecule has 94 valence electrons. The number of aromatic nitrogens is 3. The maximum Gasteiger partial charge on any atom is 0.262 e. The van der Waals surface area contributed by atoms with Crippen LogP contribution in [0.1, 0.15) is 0 Å². The molecule has 19 heavy (non-hydrogen) atoms. The van der Waals surface area contributed by atoms with Crippen LogP contribution in [-0.2, 0) is 0 Å². The number of aromatic hydroxyl groups is 1. The number of pyridine rings is 1. The third kappa shape index (κ3) is 1.99. The molecule has 3 N–H and O–H groups in total. The van der Waals surface area contributed by atoms with E-state index in [-0.39, 0.29) is 17.3 Å². The molecule has 0 saturated heterocycles. The zero-order valence-corrected chi connectivity index (χ0v) is 9.82. The molecule has 2 aromatic heterocycles. The van der Waals surface area contributed by atoms with Gasteiger partial charge in [-0.15, -0.1) is 0 Å². The summed E-state index contributed by atoms with van der Waals surface area (Å²) in [6.07, 6.45) is 3.29. The first-order chi connectivity index (χ1) is 9.25. The maximum atomic E-state index is 9.87. The van der Waals surface area contributed by atoms with Crippen LogP contribution >= 0.6 is 0 Å². The maximum absolute atomic E-state index is 9.87. The second-order valence-electron chi connectivity index (χ2n) is 3.91. The van der Waals surface area contributed by atoms with Gasteiger partial charge in [0.15, 0.2) is 5.75 Å². The highest BCUT2D eigenvalue weighted by molar-refractivity contribution is 5.72. The number of phenols is 1. The summed E-state index contributed by atoms with van der Waals surface area (Å²) in [6.45, 7) is 0. The lowest BCUT2D eigenvalue weighted by Crippen LogP contribution is -1.88. The number of anilines is 1. The van der Waals surface area contributed by atoms with Crippen LogP contribution in [0.2, 0.25) is 0 Å². The van der Waals surface area contributed by atoms with Gasteiger partial charge in [-0.3, -0.25) is 4.98 Å². The van der Waals surface area contributed by atoms with Crippen molar-refractivity contribution in [3.8, 4) is 28.6 Å². The smallest absolute Gasteiger partial charge is 0.262 e. The van der Waals surface area contributed by atoms with E-state index in [0.29, 0.717) is 11.4 Å². The van der Waals surface area contributed by atoms with Crippen molar-refractivity contribution in [3.63, 3.8) is 0 Å². The predicted molar refractivity (Wildman–Crippen MR) is 69.0 cm³/mol. The fourth-order valence-electron chi connectivity index (χ4n) is 1.68.